The number of carboxylic acid groups (broad SMARTS) is 1. The first-order valence-electron chi connectivity index (χ1n) is 14.1. The van der Waals surface area contributed by atoms with Gasteiger partial charge in [-0.1, -0.05) is 66.4 Å². The predicted molar refractivity (Wildman–Crippen MR) is 161 cm³/mol. The Morgan fingerprint density at radius 3 is 2.43 bits per heavy atom. The number of benzene rings is 3. The van der Waals surface area contributed by atoms with Gasteiger partial charge in [0.1, 0.15) is 17.8 Å². The lowest BCUT2D eigenvalue weighted by Crippen LogP contribution is -2.56. The van der Waals surface area contributed by atoms with Crippen molar-refractivity contribution in [2.75, 3.05) is 7.11 Å². The third-order valence-electron chi connectivity index (χ3n) is 8.00. The van der Waals surface area contributed by atoms with E-state index in [1.165, 1.54) is 11.8 Å². The van der Waals surface area contributed by atoms with Crippen molar-refractivity contribution in [3.05, 3.63) is 89.5 Å². The molecule has 1 fully saturated rings. The maximum Gasteiger partial charge on any atom is 0.326 e. The molecule has 0 aliphatic carbocycles. The molecule has 2 amide bonds. The predicted octanol–water partition coefficient (Wildman–Crippen LogP) is 4.80. The molecule has 3 aromatic carbocycles. The molecule has 0 saturated carbocycles. The van der Waals surface area contributed by atoms with Crippen LogP contribution < -0.4 is 10.1 Å². The zero-order chi connectivity index (χ0) is 29.8. The number of methoxy groups -OCH3 is 1. The number of carboxylic acids is 1. The maximum absolute atomic E-state index is 14.1. The fraction of sp³-hybridized carbons (Fsp3) is 0.333. The molecule has 2 aliphatic rings. The van der Waals surface area contributed by atoms with Gasteiger partial charge < -0.3 is 20.1 Å². The zero-order valence-corrected chi connectivity index (χ0v) is 24.4. The highest BCUT2D eigenvalue weighted by Gasteiger charge is 2.45. The van der Waals surface area contributed by atoms with E-state index in [0.717, 1.165) is 39.6 Å². The number of thioether (sulfide) groups is 1. The molecule has 2 N–H and O–H groups in total. The molecule has 2 heterocycles. The summed E-state index contributed by atoms with van der Waals surface area (Å²) in [7, 11) is 1.57. The Balaban J connectivity index is 1.47. The summed E-state index contributed by atoms with van der Waals surface area (Å²) in [5.74, 6) is -1.21. The molecule has 42 heavy (non-hydrogen) atoms. The van der Waals surface area contributed by atoms with Crippen molar-refractivity contribution in [2.24, 2.45) is 0 Å². The van der Waals surface area contributed by atoms with Crippen LogP contribution in [0.4, 0.5) is 0 Å². The van der Waals surface area contributed by atoms with Crippen molar-refractivity contribution >= 4 is 34.7 Å². The van der Waals surface area contributed by atoms with Crippen LogP contribution in [-0.2, 0) is 32.0 Å². The van der Waals surface area contributed by atoms with E-state index in [2.05, 4.69) is 11.4 Å². The number of carbonyl (C=O) groups excluding carboxylic acids is 3. The number of aliphatic carboxylic acids is 1. The Morgan fingerprint density at radius 2 is 1.76 bits per heavy atom. The molecule has 0 aromatic heterocycles. The summed E-state index contributed by atoms with van der Waals surface area (Å²) >= 11 is 0.920. The molecule has 3 aromatic rings. The summed E-state index contributed by atoms with van der Waals surface area (Å²) < 4.78 is 5.22. The molecule has 8 nitrogen and oxygen atoms in total. The van der Waals surface area contributed by atoms with Crippen LogP contribution in [0.1, 0.15) is 48.9 Å². The second kappa shape index (κ2) is 12.8. The fourth-order valence-corrected chi connectivity index (χ4v) is 6.84. The molecule has 5 rings (SSSR count). The minimum absolute atomic E-state index is 0.211. The van der Waals surface area contributed by atoms with Crippen molar-refractivity contribution in [1.29, 1.82) is 0 Å². The minimum Gasteiger partial charge on any atom is -0.497 e. The standard InChI is InChI=1S/C33H34N2O6S/c1-20(36)42-30(17-21-11-15-25(41-2)16-12-21)31(37)34-27-19-24-14-13-23(22-7-4-3-5-8-22)18-26(24)28-9-6-10-29(33(39)40)35(28)32(27)38/h3-5,7-8,11-16,18,27-30H,6,9-10,17,19H2,1-2H3,(H,34,37)(H,39,40)/t27-,28+,29-,30-/m0/s1. The summed E-state index contributed by atoms with van der Waals surface area (Å²) in [6, 6.07) is 20.9. The highest BCUT2D eigenvalue weighted by atomic mass is 32.2. The second-order valence-corrected chi connectivity index (χ2v) is 12.1. The van der Waals surface area contributed by atoms with E-state index in [1.54, 1.807) is 19.2 Å². The molecule has 4 atom stereocenters. The number of piperidine rings is 1. The monoisotopic (exact) mass is 586 g/mol. The lowest BCUT2D eigenvalue weighted by molar-refractivity contribution is -0.156. The van der Waals surface area contributed by atoms with E-state index >= 15 is 0 Å². The van der Waals surface area contributed by atoms with Crippen molar-refractivity contribution in [3.63, 3.8) is 0 Å². The number of nitrogens with one attached hydrogen (secondary N) is 1. The molecule has 0 radical (unpaired) electrons. The van der Waals surface area contributed by atoms with Crippen LogP contribution in [0.15, 0.2) is 72.8 Å². The third kappa shape index (κ3) is 6.36. The first-order valence-corrected chi connectivity index (χ1v) is 15.0. The van der Waals surface area contributed by atoms with Gasteiger partial charge in [0, 0.05) is 13.3 Å². The summed E-state index contributed by atoms with van der Waals surface area (Å²) in [5.41, 5.74) is 4.68. The Kier molecular flexibility index (Phi) is 8.97. The van der Waals surface area contributed by atoms with Gasteiger partial charge >= 0.3 is 5.97 Å². The van der Waals surface area contributed by atoms with Crippen molar-refractivity contribution in [3.8, 4) is 16.9 Å². The highest BCUT2D eigenvalue weighted by molar-refractivity contribution is 8.14. The van der Waals surface area contributed by atoms with Gasteiger partial charge in [0.25, 0.3) is 0 Å². The smallest absolute Gasteiger partial charge is 0.326 e. The normalized spacial score (nSPS) is 20.5. The zero-order valence-electron chi connectivity index (χ0n) is 23.6. The van der Waals surface area contributed by atoms with Crippen molar-refractivity contribution in [1.82, 2.24) is 10.2 Å². The summed E-state index contributed by atoms with van der Waals surface area (Å²) in [6.07, 6.45) is 2.18. The Bertz CT molecular complexity index is 1480. The van der Waals surface area contributed by atoms with Crippen LogP contribution in [0, 0.1) is 0 Å². The molecular formula is C33H34N2O6S. The number of ether oxygens (including phenoxy) is 1. The van der Waals surface area contributed by atoms with E-state index < -0.39 is 41.2 Å². The van der Waals surface area contributed by atoms with E-state index in [1.807, 2.05) is 54.6 Å². The Labute approximate surface area is 249 Å². The number of hydrogen-bond acceptors (Lipinski definition) is 6. The van der Waals surface area contributed by atoms with Crippen LogP contribution in [0.3, 0.4) is 0 Å². The van der Waals surface area contributed by atoms with Crippen LogP contribution in [0.25, 0.3) is 11.1 Å². The van der Waals surface area contributed by atoms with Gasteiger partial charge in [-0.3, -0.25) is 14.4 Å². The molecular weight excluding hydrogens is 552 g/mol. The number of nitrogens with zero attached hydrogens (tertiary/aromatic N) is 1. The van der Waals surface area contributed by atoms with Crippen molar-refractivity contribution < 1.29 is 29.0 Å². The average Bonchev–Trinajstić information content (AvgIpc) is 3.11. The van der Waals surface area contributed by atoms with E-state index in [4.69, 9.17) is 4.74 Å². The van der Waals surface area contributed by atoms with Gasteiger partial charge in [0.05, 0.1) is 18.4 Å². The highest BCUT2D eigenvalue weighted by Crippen LogP contribution is 2.41. The van der Waals surface area contributed by atoms with E-state index in [-0.39, 0.29) is 18.0 Å². The topological polar surface area (TPSA) is 113 Å². The lowest BCUT2D eigenvalue weighted by Gasteiger charge is -2.40. The minimum atomic E-state index is -1.05. The Hall–Kier alpha value is -4.11. The third-order valence-corrected chi connectivity index (χ3v) is 8.99. The number of hydrogen-bond donors (Lipinski definition) is 2. The molecule has 0 bridgehead atoms. The Morgan fingerprint density at radius 1 is 1.02 bits per heavy atom. The molecule has 1 saturated heterocycles. The van der Waals surface area contributed by atoms with Gasteiger partial charge in [0.2, 0.25) is 11.8 Å². The first kappa shape index (κ1) is 29.4. The van der Waals surface area contributed by atoms with Crippen LogP contribution >= 0.6 is 11.8 Å². The first-order chi connectivity index (χ1) is 20.2. The molecule has 0 unspecified atom stereocenters. The second-order valence-electron chi connectivity index (χ2n) is 10.7. The SMILES string of the molecule is COc1ccc(C[C@H](SC(C)=O)C(=O)N[C@H]2Cc3ccc(-c4ccccc4)cc3[C@H]3CCC[C@@H](C(=O)O)N3C2=O)cc1. The van der Waals surface area contributed by atoms with E-state index in [9.17, 15) is 24.3 Å². The van der Waals surface area contributed by atoms with E-state index in [0.29, 0.717) is 25.0 Å². The molecule has 9 heteroatoms. The number of amides is 2. The van der Waals surface area contributed by atoms with Crippen molar-refractivity contribution in [2.45, 2.75) is 62.4 Å². The quantitative estimate of drug-likeness (QED) is 0.390. The number of carbonyl (C=O) groups is 4. The fourth-order valence-electron chi connectivity index (χ4n) is 5.98. The molecule has 0 spiro atoms. The van der Waals surface area contributed by atoms with Gasteiger partial charge in [-0.05, 0) is 71.7 Å². The van der Waals surface area contributed by atoms with Gasteiger partial charge in [-0.15, -0.1) is 0 Å². The number of fused-ring (bicyclic) bond motifs is 3. The molecule has 2 aliphatic heterocycles. The van der Waals surface area contributed by atoms with Crippen LogP contribution in [0.2, 0.25) is 0 Å². The summed E-state index contributed by atoms with van der Waals surface area (Å²) in [4.78, 5) is 53.7. The maximum atomic E-state index is 14.1. The van der Waals surface area contributed by atoms with Gasteiger partial charge in [-0.2, -0.15) is 0 Å². The summed E-state index contributed by atoms with van der Waals surface area (Å²) in [5, 5.41) is 12.0. The average molecular weight is 587 g/mol. The van der Waals surface area contributed by atoms with Gasteiger partial charge in [-0.25, -0.2) is 4.79 Å². The largest absolute Gasteiger partial charge is 0.497 e. The van der Waals surface area contributed by atoms with Gasteiger partial charge in [0.15, 0.2) is 5.12 Å². The van der Waals surface area contributed by atoms with Crippen LogP contribution in [-0.4, -0.2) is 57.3 Å². The lowest BCUT2D eigenvalue weighted by atomic mass is 9.87. The number of rotatable bonds is 8. The summed E-state index contributed by atoms with van der Waals surface area (Å²) in [6.45, 7) is 1.41. The van der Waals surface area contributed by atoms with Crippen LogP contribution in [0.5, 0.6) is 5.75 Å². The molecule has 218 valence electrons.